The Morgan fingerprint density at radius 2 is 1.96 bits per heavy atom. The number of nitrogens with zero attached hydrogens (tertiary/aromatic N) is 2. The fourth-order valence-corrected chi connectivity index (χ4v) is 3.62. The van der Waals surface area contributed by atoms with Gasteiger partial charge in [0.05, 0.1) is 6.42 Å². The first-order valence-electron chi connectivity index (χ1n) is 9.60. The van der Waals surface area contributed by atoms with Gasteiger partial charge in [0.15, 0.2) is 0 Å². The van der Waals surface area contributed by atoms with Gasteiger partial charge in [0, 0.05) is 38.8 Å². The molecule has 0 aromatic heterocycles. The van der Waals surface area contributed by atoms with Crippen LogP contribution in [0.15, 0.2) is 54.6 Å². The molecule has 2 aromatic carbocycles. The Hall–Kier alpha value is -2.24. The zero-order valence-electron chi connectivity index (χ0n) is 15.9. The van der Waals surface area contributed by atoms with Crippen LogP contribution in [0.4, 0.5) is 4.39 Å². The highest BCUT2D eigenvalue weighted by atomic mass is 19.1. The molecule has 1 atom stereocenters. The van der Waals surface area contributed by atoms with E-state index in [-0.39, 0.29) is 18.1 Å². The molecule has 2 aromatic rings. The fraction of sp³-hybridized carbons (Fsp3) is 0.409. The number of amides is 1. The van der Waals surface area contributed by atoms with E-state index >= 15 is 0 Å². The number of carbonyl (C=O) groups excluding carboxylic acids is 1. The molecule has 3 rings (SSSR count). The Kier molecular flexibility index (Phi) is 6.96. The molecular formula is C22H28FN3O. The van der Waals surface area contributed by atoms with Crippen LogP contribution in [0, 0.1) is 5.82 Å². The third kappa shape index (κ3) is 5.88. The van der Waals surface area contributed by atoms with Crippen molar-refractivity contribution in [1.29, 1.82) is 0 Å². The molecule has 1 unspecified atom stereocenters. The van der Waals surface area contributed by atoms with E-state index in [1.807, 2.05) is 0 Å². The second-order valence-corrected chi connectivity index (χ2v) is 7.23. The lowest BCUT2D eigenvalue weighted by Gasteiger charge is -2.40. The molecule has 0 spiro atoms. The Morgan fingerprint density at radius 3 is 2.74 bits per heavy atom. The molecule has 1 saturated heterocycles. The molecule has 1 amide bonds. The van der Waals surface area contributed by atoms with E-state index in [1.165, 1.54) is 17.7 Å². The maximum absolute atomic E-state index is 13.2. The summed E-state index contributed by atoms with van der Waals surface area (Å²) < 4.78 is 13.2. The zero-order valence-corrected chi connectivity index (χ0v) is 15.9. The number of nitrogens with one attached hydrogen (secondary N) is 1. The molecule has 0 saturated carbocycles. The number of carbonyl (C=O) groups is 1. The van der Waals surface area contributed by atoms with Crippen LogP contribution >= 0.6 is 0 Å². The summed E-state index contributed by atoms with van der Waals surface area (Å²) in [6.45, 7) is 4.72. The summed E-state index contributed by atoms with van der Waals surface area (Å²) in [6, 6.07) is 17.2. The Balaban J connectivity index is 1.45. The Labute approximate surface area is 161 Å². The lowest BCUT2D eigenvalue weighted by molar-refractivity contribution is -0.120. The van der Waals surface area contributed by atoms with Crippen LogP contribution < -0.4 is 5.32 Å². The molecule has 1 aliphatic rings. The Morgan fingerprint density at radius 1 is 1.15 bits per heavy atom. The number of piperazine rings is 1. The average Bonchev–Trinajstić information content (AvgIpc) is 2.67. The minimum Gasteiger partial charge on any atom is -0.356 e. The second kappa shape index (κ2) is 9.62. The van der Waals surface area contributed by atoms with Gasteiger partial charge in [-0.05, 0) is 36.7 Å². The highest BCUT2D eigenvalue weighted by Crippen LogP contribution is 2.24. The third-order valence-electron chi connectivity index (χ3n) is 5.08. The van der Waals surface area contributed by atoms with Crippen molar-refractivity contribution in [2.45, 2.75) is 18.9 Å². The van der Waals surface area contributed by atoms with Crippen molar-refractivity contribution in [2.24, 2.45) is 0 Å². The van der Waals surface area contributed by atoms with E-state index in [9.17, 15) is 9.18 Å². The summed E-state index contributed by atoms with van der Waals surface area (Å²) in [4.78, 5) is 16.9. The molecule has 4 nitrogen and oxygen atoms in total. The van der Waals surface area contributed by atoms with Gasteiger partial charge in [-0.3, -0.25) is 9.69 Å². The van der Waals surface area contributed by atoms with Crippen molar-refractivity contribution in [3.05, 3.63) is 71.5 Å². The highest BCUT2D eigenvalue weighted by Gasteiger charge is 2.25. The SMILES string of the molecule is CN1CCN(CCCNC(=O)Cc2cccc(F)c2)C(c2ccccc2)C1. The standard InChI is InChI=1S/C22H28FN3O/c1-25-13-14-26(21(17-25)19-8-3-2-4-9-19)12-6-11-24-22(27)16-18-7-5-10-20(23)15-18/h2-5,7-10,15,21H,6,11-14,16-17H2,1H3,(H,24,27). The van der Waals surface area contributed by atoms with Gasteiger partial charge in [0.1, 0.15) is 5.82 Å². The highest BCUT2D eigenvalue weighted by molar-refractivity contribution is 5.78. The summed E-state index contributed by atoms with van der Waals surface area (Å²) in [7, 11) is 2.17. The average molecular weight is 369 g/mol. The van der Waals surface area contributed by atoms with Crippen molar-refractivity contribution in [3.63, 3.8) is 0 Å². The first-order chi connectivity index (χ1) is 13.1. The van der Waals surface area contributed by atoms with E-state index in [0.29, 0.717) is 18.2 Å². The topological polar surface area (TPSA) is 35.6 Å². The molecule has 1 fully saturated rings. The number of hydrogen-bond donors (Lipinski definition) is 1. The van der Waals surface area contributed by atoms with E-state index < -0.39 is 0 Å². The van der Waals surface area contributed by atoms with Crippen molar-refractivity contribution in [3.8, 4) is 0 Å². The predicted octanol–water partition coefficient (Wildman–Crippen LogP) is 2.86. The van der Waals surface area contributed by atoms with Gasteiger partial charge in [0.2, 0.25) is 5.91 Å². The monoisotopic (exact) mass is 369 g/mol. The largest absolute Gasteiger partial charge is 0.356 e. The molecule has 27 heavy (non-hydrogen) atoms. The smallest absolute Gasteiger partial charge is 0.224 e. The molecule has 0 radical (unpaired) electrons. The van der Waals surface area contributed by atoms with Gasteiger partial charge >= 0.3 is 0 Å². The van der Waals surface area contributed by atoms with Gasteiger partial charge < -0.3 is 10.2 Å². The lowest BCUT2D eigenvalue weighted by Crippen LogP contribution is -2.47. The molecular weight excluding hydrogens is 341 g/mol. The molecule has 144 valence electrons. The van der Waals surface area contributed by atoms with Crippen molar-refractivity contribution < 1.29 is 9.18 Å². The number of likely N-dealkylation sites (N-methyl/N-ethyl adjacent to an activating group) is 1. The summed E-state index contributed by atoms with van der Waals surface area (Å²) >= 11 is 0. The van der Waals surface area contributed by atoms with E-state index in [1.54, 1.807) is 12.1 Å². The first-order valence-corrected chi connectivity index (χ1v) is 9.60. The van der Waals surface area contributed by atoms with Gasteiger partial charge in [-0.15, -0.1) is 0 Å². The lowest BCUT2D eigenvalue weighted by atomic mass is 10.0. The van der Waals surface area contributed by atoms with Crippen LogP contribution in [0.25, 0.3) is 0 Å². The Bertz CT molecular complexity index is 737. The van der Waals surface area contributed by atoms with Crippen molar-refractivity contribution in [1.82, 2.24) is 15.1 Å². The van der Waals surface area contributed by atoms with Gasteiger partial charge in [-0.25, -0.2) is 4.39 Å². The molecule has 1 N–H and O–H groups in total. The number of hydrogen-bond acceptors (Lipinski definition) is 3. The number of rotatable bonds is 7. The summed E-state index contributed by atoms with van der Waals surface area (Å²) in [5.74, 6) is -0.360. The van der Waals surface area contributed by atoms with Crippen LogP contribution in [0.2, 0.25) is 0 Å². The van der Waals surface area contributed by atoms with Gasteiger partial charge in [-0.1, -0.05) is 42.5 Å². The maximum atomic E-state index is 13.2. The van der Waals surface area contributed by atoms with Crippen LogP contribution in [0.3, 0.4) is 0 Å². The molecule has 1 heterocycles. The molecule has 0 bridgehead atoms. The molecule has 5 heteroatoms. The first kappa shape index (κ1) is 19.5. The predicted molar refractivity (Wildman–Crippen MR) is 106 cm³/mol. The summed E-state index contributed by atoms with van der Waals surface area (Å²) in [6.07, 6.45) is 1.13. The van der Waals surface area contributed by atoms with Crippen molar-refractivity contribution in [2.75, 3.05) is 39.8 Å². The van der Waals surface area contributed by atoms with Crippen LogP contribution in [0.5, 0.6) is 0 Å². The minimum absolute atomic E-state index is 0.0569. The van der Waals surface area contributed by atoms with E-state index in [4.69, 9.17) is 0 Å². The zero-order chi connectivity index (χ0) is 19.1. The summed E-state index contributed by atoms with van der Waals surface area (Å²) in [5.41, 5.74) is 2.05. The second-order valence-electron chi connectivity index (χ2n) is 7.23. The van der Waals surface area contributed by atoms with Gasteiger partial charge in [-0.2, -0.15) is 0 Å². The van der Waals surface area contributed by atoms with E-state index in [0.717, 1.165) is 32.6 Å². The minimum atomic E-state index is -0.303. The number of benzene rings is 2. The van der Waals surface area contributed by atoms with E-state index in [2.05, 4.69) is 52.5 Å². The maximum Gasteiger partial charge on any atom is 0.224 e. The quantitative estimate of drug-likeness (QED) is 0.763. The fourth-order valence-electron chi connectivity index (χ4n) is 3.62. The van der Waals surface area contributed by atoms with Crippen LogP contribution in [-0.4, -0.2) is 55.5 Å². The van der Waals surface area contributed by atoms with Crippen LogP contribution in [0.1, 0.15) is 23.6 Å². The summed E-state index contributed by atoms with van der Waals surface area (Å²) in [5, 5.41) is 2.96. The number of halogens is 1. The molecule has 0 aliphatic carbocycles. The molecule has 1 aliphatic heterocycles. The van der Waals surface area contributed by atoms with Gasteiger partial charge in [0.25, 0.3) is 0 Å². The van der Waals surface area contributed by atoms with Crippen LogP contribution in [-0.2, 0) is 11.2 Å². The van der Waals surface area contributed by atoms with Crippen molar-refractivity contribution >= 4 is 5.91 Å². The third-order valence-corrected chi connectivity index (χ3v) is 5.08. The normalized spacial score (nSPS) is 18.4.